The SMILES string of the molecule is CS(=O)(=O)OCCS(=O)(=O)c1ccc(N=Nc2cc(S(C)(=O)=O)c(N)c(N=Nc3cccc(C#N)c3)c2N)c(S(C)(=O)=O)c1. The summed E-state index contributed by atoms with van der Waals surface area (Å²) in [6, 6.07) is 11.8. The van der Waals surface area contributed by atoms with E-state index in [1.807, 2.05) is 6.07 Å². The van der Waals surface area contributed by atoms with Crippen molar-refractivity contribution in [2.75, 3.05) is 42.6 Å². The Balaban J connectivity index is 2.12. The second-order valence-electron chi connectivity index (χ2n) is 9.15. The Morgan fingerprint density at radius 1 is 0.750 bits per heavy atom. The van der Waals surface area contributed by atoms with Crippen LogP contribution in [-0.4, -0.2) is 64.8 Å². The molecule has 44 heavy (non-hydrogen) atoms. The molecule has 0 radical (unpaired) electrons. The van der Waals surface area contributed by atoms with Gasteiger partial charge in [-0.15, -0.1) is 15.3 Å². The first-order valence-electron chi connectivity index (χ1n) is 11.9. The Hall–Kier alpha value is -4.29. The van der Waals surface area contributed by atoms with E-state index >= 15 is 0 Å². The first kappa shape index (κ1) is 34.2. The van der Waals surface area contributed by atoms with Crippen molar-refractivity contribution in [1.29, 1.82) is 5.26 Å². The lowest BCUT2D eigenvalue weighted by atomic mass is 10.2. The molecule has 4 N–H and O–H groups in total. The van der Waals surface area contributed by atoms with E-state index in [-0.39, 0.29) is 39.7 Å². The number of nitriles is 1. The molecule has 0 saturated carbocycles. The average molecular weight is 684 g/mol. The second kappa shape index (κ2) is 12.7. The Morgan fingerprint density at radius 3 is 1.98 bits per heavy atom. The van der Waals surface area contributed by atoms with Gasteiger partial charge in [0.15, 0.2) is 29.5 Å². The molecule has 234 valence electrons. The largest absolute Gasteiger partial charge is 0.396 e. The maximum absolute atomic E-state index is 12.7. The molecule has 0 unspecified atom stereocenters. The highest BCUT2D eigenvalue weighted by molar-refractivity contribution is 7.92. The molecule has 0 heterocycles. The summed E-state index contributed by atoms with van der Waals surface area (Å²) >= 11 is 0. The first-order valence-corrected chi connectivity index (χ1v) is 19.1. The second-order valence-corrected chi connectivity index (χ2v) is 16.9. The van der Waals surface area contributed by atoms with Crippen molar-refractivity contribution < 1.29 is 37.9 Å². The van der Waals surface area contributed by atoms with Crippen LogP contribution in [0.15, 0.2) is 83.7 Å². The number of hydrogen-bond donors (Lipinski definition) is 2. The molecule has 3 aromatic carbocycles. The fourth-order valence-corrected chi connectivity index (χ4v) is 6.82. The van der Waals surface area contributed by atoms with Gasteiger partial charge in [-0.05, 0) is 42.5 Å². The average Bonchev–Trinajstić information content (AvgIpc) is 2.90. The summed E-state index contributed by atoms with van der Waals surface area (Å²) in [6.07, 6.45) is 2.41. The monoisotopic (exact) mass is 683 g/mol. The zero-order valence-electron chi connectivity index (χ0n) is 23.2. The standard InChI is InChI=1S/C24H25N7O9S4/c1-41(32,33)20-12-17(44(38,39)10-9-40-43(3,36)37)7-8-18(20)29-30-19-13-21(42(2,34)35)23(27)24(22(19)26)31-28-16-6-4-5-15(11-16)14-25/h4-8,11-13H,9-10,26-27H2,1-3H3. The van der Waals surface area contributed by atoms with E-state index in [0.717, 1.165) is 43.0 Å². The highest BCUT2D eigenvalue weighted by atomic mass is 32.2. The van der Waals surface area contributed by atoms with Gasteiger partial charge in [0.25, 0.3) is 10.1 Å². The highest BCUT2D eigenvalue weighted by Crippen LogP contribution is 2.43. The third-order valence-corrected chi connectivity index (χ3v) is 10.1. The van der Waals surface area contributed by atoms with Crippen molar-refractivity contribution in [2.24, 2.45) is 20.5 Å². The summed E-state index contributed by atoms with van der Waals surface area (Å²) in [4.78, 5) is -1.44. The molecule has 0 spiro atoms. The Morgan fingerprint density at radius 2 is 1.39 bits per heavy atom. The van der Waals surface area contributed by atoms with Crippen LogP contribution < -0.4 is 11.5 Å². The number of nitrogens with zero attached hydrogens (tertiary/aromatic N) is 5. The number of rotatable bonds is 11. The molecule has 0 aromatic heterocycles. The molecule has 0 bridgehead atoms. The summed E-state index contributed by atoms with van der Waals surface area (Å²) in [6.45, 7) is -0.695. The third-order valence-electron chi connectivity index (χ3n) is 5.56. The number of nitrogen functional groups attached to an aromatic ring is 2. The van der Waals surface area contributed by atoms with Crippen molar-refractivity contribution in [3.8, 4) is 6.07 Å². The molecular formula is C24H25N7O9S4. The summed E-state index contributed by atoms with van der Waals surface area (Å²) in [5.74, 6) is -0.765. The fourth-order valence-electron chi connectivity index (χ4n) is 3.49. The van der Waals surface area contributed by atoms with Gasteiger partial charge in [-0.3, -0.25) is 4.18 Å². The van der Waals surface area contributed by atoms with Gasteiger partial charge in [0.1, 0.15) is 17.1 Å². The van der Waals surface area contributed by atoms with Crippen LogP contribution in [0.5, 0.6) is 0 Å². The third kappa shape index (κ3) is 8.64. The molecule has 0 atom stereocenters. The van der Waals surface area contributed by atoms with Crippen LogP contribution in [0.3, 0.4) is 0 Å². The summed E-state index contributed by atoms with van der Waals surface area (Å²) in [7, 11) is -16.2. The van der Waals surface area contributed by atoms with E-state index in [2.05, 4.69) is 24.6 Å². The quantitative estimate of drug-likeness (QED) is 0.168. The van der Waals surface area contributed by atoms with E-state index in [4.69, 9.17) is 16.7 Å². The van der Waals surface area contributed by atoms with Gasteiger partial charge in [-0.1, -0.05) is 6.07 Å². The summed E-state index contributed by atoms with van der Waals surface area (Å²) < 4.78 is 102. The number of nitrogens with two attached hydrogens (primary N) is 2. The molecule has 0 aliphatic heterocycles. The summed E-state index contributed by atoms with van der Waals surface area (Å²) in [5, 5.41) is 24.8. The molecule has 3 rings (SSSR count). The first-order chi connectivity index (χ1) is 20.2. The normalized spacial score (nSPS) is 13.0. The lowest BCUT2D eigenvalue weighted by Gasteiger charge is -2.11. The Kier molecular flexibility index (Phi) is 9.91. The molecule has 0 saturated heterocycles. The van der Waals surface area contributed by atoms with Crippen LogP contribution >= 0.6 is 0 Å². The van der Waals surface area contributed by atoms with Crippen LogP contribution in [0.4, 0.5) is 34.1 Å². The molecule has 0 aliphatic carbocycles. The minimum Gasteiger partial charge on any atom is -0.396 e. The van der Waals surface area contributed by atoms with Crippen molar-refractivity contribution in [3.63, 3.8) is 0 Å². The van der Waals surface area contributed by atoms with E-state index in [0.29, 0.717) is 0 Å². The van der Waals surface area contributed by atoms with Crippen molar-refractivity contribution in [3.05, 3.63) is 54.1 Å². The van der Waals surface area contributed by atoms with Crippen molar-refractivity contribution in [1.82, 2.24) is 0 Å². The number of anilines is 2. The molecule has 0 fully saturated rings. The lowest BCUT2D eigenvalue weighted by Crippen LogP contribution is -2.15. The minimum atomic E-state index is -4.19. The van der Waals surface area contributed by atoms with Gasteiger partial charge in [0.05, 0.1) is 62.0 Å². The topological polar surface area (TPSA) is 271 Å². The molecule has 16 nitrogen and oxygen atoms in total. The molecule has 0 amide bonds. The van der Waals surface area contributed by atoms with E-state index in [9.17, 15) is 33.7 Å². The number of azo groups is 2. The van der Waals surface area contributed by atoms with Crippen LogP contribution in [0.2, 0.25) is 0 Å². The maximum Gasteiger partial charge on any atom is 0.264 e. The minimum absolute atomic E-state index is 0.228. The molecule has 20 heteroatoms. The van der Waals surface area contributed by atoms with Crippen LogP contribution in [0, 0.1) is 11.3 Å². The maximum atomic E-state index is 12.7. The Bertz CT molecular complexity index is 2170. The predicted molar refractivity (Wildman–Crippen MR) is 160 cm³/mol. The Labute approximate surface area is 254 Å². The van der Waals surface area contributed by atoms with Gasteiger partial charge in [-0.2, -0.15) is 18.8 Å². The van der Waals surface area contributed by atoms with Crippen molar-refractivity contribution in [2.45, 2.75) is 14.7 Å². The van der Waals surface area contributed by atoms with Gasteiger partial charge >= 0.3 is 0 Å². The number of sulfone groups is 3. The zero-order chi connectivity index (χ0) is 33.1. The zero-order valence-corrected chi connectivity index (χ0v) is 26.5. The highest BCUT2D eigenvalue weighted by Gasteiger charge is 2.23. The van der Waals surface area contributed by atoms with Gasteiger partial charge in [-0.25, -0.2) is 25.3 Å². The van der Waals surface area contributed by atoms with E-state index < -0.39 is 66.7 Å². The predicted octanol–water partition coefficient (Wildman–Crippen LogP) is 3.11. The van der Waals surface area contributed by atoms with Gasteiger partial charge in [0.2, 0.25) is 0 Å². The molecule has 0 aliphatic rings. The number of benzene rings is 3. The van der Waals surface area contributed by atoms with Gasteiger partial charge in [0, 0.05) is 12.5 Å². The molecular weight excluding hydrogens is 659 g/mol. The van der Waals surface area contributed by atoms with E-state index in [1.165, 1.54) is 18.2 Å². The lowest BCUT2D eigenvalue weighted by molar-refractivity contribution is 0.343. The van der Waals surface area contributed by atoms with Crippen LogP contribution in [-0.2, 0) is 43.8 Å². The smallest absolute Gasteiger partial charge is 0.264 e. The fraction of sp³-hybridized carbons (Fsp3) is 0.208. The van der Waals surface area contributed by atoms with Crippen LogP contribution in [0.1, 0.15) is 5.56 Å². The summed E-state index contributed by atoms with van der Waals surface area (Å²) in [5.41, 5.74) is 11.2. The number of hydrogen-bond acceptors (Lipinski definition) is 16. The van der Waals surface area contributed by atoms with E-state index in [1.54, 1.807) is 6.07 Å². The van der Waals surface area contributed by atoms with Gasteiger partial charge < -0.3 is 11.5 Å². The molecule has 3 aromatic rings. The van der Waals surface area contributed by atoms with Crippen LogP contribution in [0.25, 0.3) is 0 Å². The van der Waals surface area contributed by atoms with Crippen molar-refractivity contribution >= 4 is 73.8 Å².